The molecule has 170 valence electrons. The van der Waals surface area contributed by atoms with E-state index in [9.17, 15) is 22.8 Å². The molecule has 32 heavy (non-hydrogen) atoms. The first-order chi connectivity index (χ1) is 15.0. The van der Waals surface area contributed by atoms with Crippen LogP contribution in [-0.2, 0) is 19.1 Å². The van der Waals surface area contributed by atoms with Crippen molar-refractivity contribution in [3.63, 3.8) is 0 Å². The Morgan fingerprint density at radius 3 is 2.53 bits per heavy atom. The molecule has 0 bridgehead atoms. The number of hydrogen-bond donors (Lipinski definition) is 0. The Hall–Kier alpha value is -2.59. The first-order valence-electron chi connectivity index (χ1n) is 9.77. The van der Waals surface area contributed by atoms with Gasteiger partial charge in [0.1, 0.15) is 11.5 Å². The number of halogens is 4. The number of aryl methyl sites for hydroxylation is 1. The van der Waals surface area contributed by atoms with Crippen molar-refractivity contribution in [1.29, 1.82) is 0 Å². The Balaban J connectivity index is 1.70. The second-order valence-corrected chi connectivity index (χ2v) is 8.75. The maximum absolute atomic E-state index is 13.0. The Morgan fingerprint density at radius 1 is 1.16 bits per heavy atom. The zero-order valence-electron chi connectivity index (χ0n) is 17.5. The molecule has 0 aromatic carbocycles. The topological polar surface area (TPSA) is 77.7 Å². The molecule has 0 spiro atoms. The number of thiazole rings is 1. The fourth-order valence-electron chi connectivity index (χ4n) is 3.25. The van der Waals surface area contributed by atoms with Crippen LogP contribution in [0.5, 0.6) is 0 Å². The minimum absolute atomic E-state index is 0.0342. The summed E-state index contributed by atoms with van der Waals surface area (Å²) in [7, 11) is 0. The largest absolute Gasteiger partial charge is 0.417 e. The molecule has 0 fully saturated rings. The van der Waals surface area contributed by atoms with Crippen LogP contribution in [0.4, 0.5) is 13.2 Å². The summed E-state index contributed by atoms with van der Waals surface area (Å²) in [6.07, 6.45) is -0.932. The molecule has 0 aliphatic rings. The van der Waals surface area contributed by atoms with Crippen LogP contribution in [0, 0.1) is 6.92 Å². The van der Waals surface area contributed by atoms with E-state index in [-0.39, 0.29) is 30.2 Å². The highest BCUT2D eigenvalue weighted by Crippen LogP contribution is 2.35. The number of hydrogen-bond acceptors (Lipinski definition) is 6. The van der Waals surface area contributed by atoms with E-state index in [1.54, 1.807) is 6.20 Å². The molecule has 1 unspecified atom stereocenters. The van der Waals surface area contributed by atoms with Gasteiger partial charge in [0.15, 0.2) is 11.6 Å². The Labute approximate surface area is 191 Å². The zero-order chi connectivity index (χ0) is 23.6. The number of rotatable bonds is 8. The van der Waals surface area contributed by atoms with Gasteiger partial charge in [-0.25, -0.2) is 9.97 Å². The molecule has 0 amide bonds. The van der Waals surface area contributed by atoms with E-state index in [0.29, 0.717) is 22.1 Å². The third-order valence-corrected chi connectivity index (χ3v) is 6.50. The standard InChI is InChI=1S/C21H20ClF3N4O2S/c1-4-29-12(3)26-9-16(29)17(30)5-11(2)20-28-10-19(32-20)18(31)7-13-6-14(21(23,24)25)15(22)8-27-13/h6,8-11H,4-5,7H2,1-3H3. The highest BCUT2D eigenvalue weighted by atomic mass is 35.5. The van der Waals surface area contributed by atoms with Gasteiger partial charge in [0.25, 0.3) is 0 Å². The number of Topliss-reactive ketones (excluding diaryl/α,β-unsaturated/α-hetero) is 2. The molecule has 0 radical (unpaired) electrons. The molecule has 1 atom stereocenters. The summed E-state index contributed by atoms with van der Waals surface area (Å²) < 4.78 is 40.9. The molecule has 6 nitrogen and oxygen atoms in total. The summed E-state index contributed by atoms with van der Waals surface area (Å²) in [5, 5.41) is 0.0768. The number of carbonyl (C=O) groups is 2. The zero-order valence-corrected chi connectivity index (χ0v) is 19.1. The van der Waals surface area contributed by atoms with Crippen molar-refractivity contribution in [1.82, 2.24) is 19.5 Å². The molecule has 3 aromatic heterocycles. The lowest BCUT2D eigenvalue weighted by Gasteiger charge is -2.10. The number of imidazole rings is 1. The molecule has 0 aliphatic heterocycles. The molecule has 11 heteroatoms. The van der Waals surface area contributed by atoms with Crippen LogP contribution in [-0.4, -0.2) is 31.1 Å². The summed E-state index contributed by atoms with van der Waals surface area (Å²) in [5.41, 5.74) is -0.539. The predicted molar refractivity (Wildman–Crippen MR) is 114 cm³/mol. The van der Waals surface area contributed by atoms with Gasteiger partial charge in [-0.05, 0) is 19.9 Å². The van der Waals surface area contributed by atoms with Gasteiger partial charge in [0.05, 0.1) is 33.1 Å². The molecule has 0 saturated heterocycles. The van der Waals surface area contributed by atoms with Gasteiger partial charge in [-0.2, -0.15) is 13.2 Å². The van der Waals surface area contributed by atoms with E-state index in [0.717, 1.165) is 29.4 Å². The Bertz CT molecular complexity index is 1160. The Kier molecular flexibility index (Phi) is 7.14. The lowest BCUT2D eigenvalue weighted by atomic mass is 10.0. The van der Waals surface area contributed by atoms with Crippen molar-refractivity contribution >= 4 is 34.5 Å². The first-order valence-corrected chi connectivity index (χ1v) is 11.0. The second kappa shape index (κ2) is 9.50. The fourth-order valence-corrected chi connectivity index (χ4v) is 4.37. The molecular formula is C21H20ClF3N4O2S. The summed E-state index contributed by atoms with van der Waals surface area (Å²) in [4.78, 5) is 37.8. The minimum Gasteiger partial charge on any atom is -0.326 e. The maximum atomic E-state index is 13.0. The van der Waals surface area contributed by atoms with Crippen LogP contribution in [0.2, 0.25) is 5.02 Å². The van der Waals surface area contributed by atoms with Gasteiger partial charge >= 0.3 is 6.18 Å². The highest BCUT2D eigenvalue weighted by Gasteiger charge is 2.34. The number of carbonyl (C=O) groups excluding carboxylic acids is 2. The van der Waals surface area contributed by atoms with E-state index < -0.39 is 22.5 Å². The van der Waals surface area contributed by atoms with Crippen LogP contribution in [0.15, 0.2) is 24.7 Å². The number of ketones is 2. The lowest BCUT2D eigenvalue weighted by Crippen LogP contribution is -2.11. The molecule has 0 aliphatic carbocycles. The van der Waals surface area contributed by atoms with Gasteiger partial charge in [0.2, 0.25) is 0 Å². The molecule has 3 heterocycles. The van der Waals surface area contributed by atoms with Crippen LogP contribution in [0.1, 0.15) is 68.4 Å². The van der Waals surface area contributed by atoms with Crippen LogP contribution >= 0.6 is 22.9 Å². The normalized spacial score (nSPS) is 12.7. The van der Waals surface area contributed by atoms with Gasteiger partial charge < -0.3 is 4.57 Å². The molecule has 3 aromatic rings. The van der Waals surface area contributed by atoms with E-state index >= 15 is 0 Å². The van der Waals surface area contributed by atoms with Crippen molar-refractivity contribution < 1.29 is 22.8 Å². The van der Waals surface area contributed by atoms with Crippen molar-refractivity contribution in [2.24, 2.45) is 0 Å². The van der Waals surface area contributed by atoms with E-state index in [1.165, 1.54) is 6.20 Å². The van der Waals surface area contributed by atoms with Crippen molar-refractivity contribution in [2.75, 3.05) is 0 Å². The lowest BCUT2D eigenvalue weighted by molar-refractivity contribution is -0.137. The van der Waals surface area contributed by atoms with Crippen molar-refractivity contribution in [2.45, 2.75) is 52.3 Å². The molecule has 0 N–H and O–H groups in total. The van der Waals surface area contributed by atoms with Gasteiger partial charge in [-0.1, -0.05) is 18.5 Å². The third kappa shape index (κ3) is 5.24. The third-order valence-electron chi connectivity index (χ3n) is 4.93. The first kappa shape index (κ1) is 24.1. The summed E-state index contributed by atoms with van der Waals surface area (Å²) in [6, 6.07) is 0.780. The van der Waals surface area contributed by atoms with E-state index in [4.69, 9.17) is 11.6 Å². The SMILES string of the molecule is CCn1c(C(=O)CC(C)c2ncc(C(=O)Cc3cc(C(F)(F)F)c(Cl)cn3)s2)cnc1C. The number of aromatic nitrogens is 4. The number of pyridine rings is 1. The van der Waals surface area contributed by atoms with Crippen LogP contribution in [0.3, 0.4) is 0 Å². The minimum atomic E-state index is -4.64. The Morgan fingerprint density at radius 2 is 1.88 bits per heavy atom. The molecule has 3 rings (SSSR count). The summed E-state index contributed by atoms with van der Waals surface area (Å²) in [6.45, 7) is 6.23. The van der Waals surface area contributed by atoms with E-state index in [1.807, 2.05) is 25.3 Å². The van der Waals surface area contributed by atoms with Crippen LogP contribution in [0.25, 0.3) is 0 Å². The summed E-state index contributed by atoms with van der Waals surface area (Å²) >= 11 is 6.69. The number of alkyl halides is 3. The molecular weight excluding hydrogens is 465 g/mol. The smallest absolute Gasteiger partial charge is 0.326 e. The predicted octanol–water partition coefficient (Wildman–Crippen LogP) is 5.54. The average molecular weight is 485 g/mol. The van der Waals surface area contributed by atoms with Crippen LogP contribution < -0.4 is 0 Å². The van der Waals surface area contributed by atoms with Crippen molar-refractivity contribution in [3.8, 4) is 0 Å². The molecule has 0 saturated carbocycles. The van der Waals surface area contributed by atoms with Gasteiger partial charge in [-0.3, -0.25) is 14.6 Å². The van der Waals surface area contributed by atoms with E-state index in [2.05, 4.69) is 15.0 Å². The average Bonchev–Trinajstić information content (AvgIpc) is 3.35. The second-order valence-electron chi connectivity index (χ2n) is 7.28. The maximum Gasteiger partial charge on any atom is 0.417 e. The van der Waals surface area contributed by atoms with Gasteiger partial charge in [-0.15, -0.1) is 11.3 Å². The van der Waals surface area contributed by atoms with Crippen molar-refractivity contribution in [3.05, 3.63) is 62.3 Å². The fraction of sp³-hybridized carbons (Fsp3) is 0.381. The number of nitrogens with zero attached hydrogens (tertiary/aromatic N) is 4. The summed E-state index contributed by atoms with van der Waals surface area (Å²) in [5.74, 6) is 0.0400. The van der Waals surface area contributed by atoms with Gasteiger partial charge in [0, 0.05) is 37.0 Å². The quantitative estimate of drug-likeness (QED) is 0.392. The highest BCUT2D eigenvalue weighted by molar-refractivity contribution is 7.13. The monoisotopic (exact) mass is 484 g/mol.